The second-order valence-corrected chi connectivity index (χ2v) is 7.54. The van der Waals surface area contributed by atoms with E-state index in [1.54, 1.807) is 19.4 Å². The second-order valence-electron chi connectivity index (χ2n) is 7.11. The molecular weight excluding hydrogens is 491 g/mol. The minimum Gasteiger partial charge on any atom is -0.467 e. The normalized spacial score (nSPS) is 11.5. The molecule has 2 rings (SSSR count). The molecule has 0 atom stereocenters. The van der Waals surface area contributed by atoms with E-state index in [4.69, 9.17) is 16.0 Å². The molecule has 1 heterocycles. The molecule has 154 valence electrons. The van der Waals surface area contributed by atoms with Crippen LogP contribution in [0.3, 0.4) is 0 Å². The van der Waals surface area contributed by atoms with E-state index in [0.29, 0.717) is 24.8 Å². The Balaban J connectivity index is 0.00000392. The third-order valence-electron chi connectivity index (χ3n) is 3.99. The topological polar surface area (TPSA) is 78.7 Å². The highest BCUT2D eigenvalue weighted by Gasteiger charge is 2.19. The van der Waals surface area contributed by atoms with Gasteiger partial charge in [-0.2, -0.15) is 0 Å². The summed E-state index contributed by atoms with van der Waals surface area (Å²) in [6.07, 6.45) is 2.46. The molecule has 0 aliphatic rings. The van der Waals surface area contributed by atoms with Crippen LogP contribution < -0.4 is 16.0 Å². The van der Waals surface area contributed by atoms with Crippen LogP contribution in [0, 0.1) is 5.41 Å². The fourth-order valence-electron chi connectivity index (χ4n) is 2.63. The van der Waals surface area contributed by atoms with E-state index in [1.807, 2.05) is 24.3 Å². The van der Waals surface area contributed by atoms with Crippen molar-refractivity contribution in [3.05, 3.63) is 59.0 Å². The van der Waals surface area contributed by atoms with Gasteiger partial charge in [0, 0.05) is 18.6 Å². The number of nitrogens with zero attached hydrogens (tertiary/aromatic N) is 1. The molecule has 1 aromatic heterocycles. The maximum absolute atomic E-state index is 11.9. The third kappa shape index (κ3) is 8.97. The SMILES string of the molecule is CN=C(NCC(=O)NCc1ccco1)NCC(C)(C)Cc1cccc(Cl)c1.I. The molecule has 0 saturated carbocycles. The van der Waals surface area contributed by atoms with E-state index >= 15 is 0 Å². The summed E-state index contributed by atoms with van der Waals surface area (Å²) >= 11 is 6.06. The van der Waals surface area contributed by atoms with Gasteiger partial charge in [0.1, 0.15) is 5.76 Å². The molecule has 0 aliphatic carbocycles. The lowest BCUT2D eigenvalue weighted by molar-refractivity contribution is -0.120. The van der Waals surface area contributed by atoms with Crippen LogP contribution in [0.1, 0.15) is 25.2 Å². The minimum absolute atomic E-state index is 0. The van der Waals surface area contributed by atoms with E-state index in [9.17, 15) is 4.79 Å². The lowest BCUT2D eigenvalue weighted by Gasteiger charge is -2.26. The fourth-order valence-corrected chi connectivity index (χ4v) is 2.84. The predicted molar refractivity (Wildman–Crippen MR) is 124 cm³/mol. The van der Waals surface area contributed by atoms with Crippen molar-refractivity contribution in [3.63, 3.8) is 0 Å². The van der Waals surface area contributed by atoms with Crippen LogP contribution in [-0.4, -0.2) is 32.0 Å². The zero-order valence-corrected chi connectivity index (χ0v) is 19.5. The van der Waals surface area contributed by atoms with Gasteiger partial charge in [0.15, 0.2) is 5.96 Å². The van der Waals surface area contributed by atoms with Gasteiger partial charge in [-0.1, -0.05) is 37.6 Å². The average molecular weight is 519 g/mol. The van der Waals surface area contributed by atoms with Crippen molar-refractivity contribution >= 4 is 47.4 Å². The minimum atomic E-state index is -0.132. The summed E-state index contributed by atoms with van der Waals surface area (Å²) in [4.78, 5) is 16.1. The van der Waals surface area contributed by atoms with Gasteiger partial charge in [0.25, 0.3) is 0 Å². The quantitative estimate of drug-likeness (QED) is 0.283. The van der Waals surface area contributed by atoms with Gasteiger partial charge in [-0.3, -0.25) is 9.79 Å². The lowest BCUT2D eigenvalue weighted by Crippen LogP contribution is -2.46. The van der Waals surface area contributed by atoms with E-state index in [0.717, 1.165) is 11.4 Å². The number of rotatable bonds is 8. The van der Waals surface area contributed by atoms with E-state index in [1.165, 1.54) is 5.56 Å². The number of halogens is 2. The number of hydrogen-bond donors (Lipinski definition) is 3. The van der Waals surface area contributed by atoms with Crippen LogP contribution >= 0.6 is 35.6 Å². The number of nitrogens with one attached hydrogen (secondary N) is 3. The molecule has 28 heavy (non-hydrogen) atoms. The fraction of sp³-hybridized carbons (Fsp3) is 0.400. The molecule has 3 N–H and O–H groups in total. The van der Waals surface area contributed by atoms with Crippen molar-refractivity contribution in [2.24, 2.45) is 10.4 Å². The van der Waals surface area contributed by atoms with Gasteiger partial charge in [-0.25, -0.2) is 0 Å². The van der Waals surface area contributed by atoms with Crippen LogP contribution in [0.5, 0.6) is 0 Å². The monoisotopic (exact) mass is 518 g/mol. The average Bonchev–Trinajstić information content (AvgIpc) is 3.13. The van der Waals surface area contributed by atoms with E-state index in [2.05, 4.69) is 40.9 Å². The maximum Gasteiger partial charge on any atom is 0.239 e. The van der Waals surface area contributed by atoms with Crippen molar-refractivity contribution in [3.8, 4) is 0 Å². The molecule has 6 nitrogen and oxygen atoms in total. The number of benzene rings is 1. The van der Waals surface area contributed by atoms with Crippen LogP contribution in [0.2, 0.25) is 5.02 Å². The summed E-state index contributed by atoms with van der Waals surface area (Å²) < 4.78 is 5.18. The summed E-state index contributed by atoms with van der Waals surface area (Å²) in [5.74, 6) is 1.17. The first-order valence-electron chi connectivity index (χ1n) is 8.86. The number of aliphatic imine (C=N–C) groups is 1. The molecule has 1 aromatic carbocycles. The van der Waals surface area contributed by atoms with Gasteiger partial charge >= 0.3 is 0 Å². The van der Waals surface area contributed by atoms with Gasteiger partial charge in [0.05, 0.1) is 19.4 Å². The Morgan fingerprint density at radius 1 is 1.18 bits per heavy atom. The zero-order chi connectivity index (χ0) is 19.7. The Morgan fingerprint density at radius 3 is 2.61 bits per heavy atom. The highest BCUT2D eigenvalue weighted by Crippen LogP contribution is 2.22. The second kappa shape index (κ2) is 12.0. The Labute approximate surface area is 188 Å². The van der Waals surface area contributed by atoms with E-state index in [-0.39, 0.29) is 41.8 Å². The predicted octanol–water partition coefficient (Wildman–Crippen LogP) is 3.60. The third-order valence-corrected chi connectivity index (χ3v) is 4.22. The van der Waals surface area contributed by atoms with Crippen molar-refractivity contribution in [1.29, 1.82) is 0 Å². The molecule has 2 aromatic rings. The van der Waals surface area contributed by atoms with Crippen molar-refractivity contribution in [2.75, 3.05) is 20.1 Å². The molecule has 0 spiro atoms. The van der Waals surface area contributed by atoms with Crippen molar-refractivity contribution < 1.29 is 9.21 Å². The molecule has 8 heteroatoms. The molecule has 0 unspecified atom stereocenters. The Bertz CT molecular complexity index is 763. The standard InChI is InChI=1S/C20H27ClN4O2.HI/c1-20(2,11-15-6-4-7-16(21)10-15)14-25-19(22-3)24-13-18(26)23-12-17-8-5-9-27-17;/h4-10H,11-14H2,1-3H3,(H,23,26)(H2,22,24,25);1H. The summed E-state index contributed by atoms with van der Waals surface area (Å²) in [5, 5.41) is 9.83. The van der Waals surface area contributed by atoms with Gasteiger partial charge in [-0.15, -0.1) is 24.0 Å². The van der Waals surface area contributed by atoms with Crippen LogP contribution in [-0.2, 0) is 17.8 Å². The highest BCUT2D eigenvalue weighted by atomic mass is 127. The molecule has 0 radical (unpaired) electrons. The van der Waals surface area contributed by atoms with Crippen molar-refractivity contribution in [1.82, 2.24) is 16.0 Å². The summed E-state index contributed by atoms with van der Waals surface area (Å²) in [5.41, 5.74) is 1.18. The molecular formula is C20H28ClIN4O2. The van der Waals surface area contributed by atoms with Crippen molar-refractivity contribution in [2.45, 2.75) is 26.8 Å². The number of carbonyl (C=O) groups is 1. The van der Waals surface area contributed by atoms with Gasteiger partial charge in [0.2, 0.25) is 5.91 Å². The summed E-state index contributed by atoms with van der Waals surface area (Å²) in [6, 6.07) is 11.5. The lowest BCUT2D eigenvalue weighted by atomic mass is 9.86. The molecule has 1 amide bonds. The number of guanidine groups is 1. The highest BCUT2D eigenvalue weighted by molar-refractivity contribution is 14.0. The Hall–Kier alpha value is -1.74. The Kier molecular flexibility index (Phi) is 10.4. The molecule has 0 bridgehead atoms. The van der Waals surface area contributed by atoms with Crippen LogP contribution in [0.15, 0.2) is 52.1 Å². The first-order valence-corrected chi connectivity index (χ1v) is 9.24. The maximum atomic E-state index is 11.9. The molecule has 0 aliphatic heterocycles. The largest absolute Gasteiger partial charge is 0.467 e. The van der Waals surface area contributed by atoms with Gasteiger partial charge < -0.3 is 20.4 Å². The number of carbonyl (C=O) groups excluding carboxylic acids is 1. The Morgan fingerprint density at radius 2 is 1.96 bits per heavy atom. The van der Waals surface area contributed by atoms with Crippen LogP contribution in [0.4, 0.5) is 0 Å². The molecule has 0 fully saturated rings. The summed E-state index contributed by atoms with van der Waals surface area (Å²) in [6.45, 7) is 5.54. The summed E-state index contributed by atoms with van der Waals surface area (Å²) in [7, 11) is 1.68. The van der Waals surface area contributed by atoms with Gasteiger partial charge in [-0.05, 0) is 41.7 Å². The zero-order valence-electron chi connectivity index (χ0n) is 16.4. The number of furan rings is 1. The first kappa shape index (κ1) is 24.3. The van der Waals surface area contributed by atoms with E-state index < -0.39 is 0 Å². The smallest absolute Gasteiger partial charge is 0.239 e. The first-order chi connectivity index (χ1) is 12.9. The molecule has 0 saturated heterocycles. The number of amides is 1. The number of hydrogen-bond acceptors (Lipinski definition) is 3. The van der Waals surface area contributed by atoms with Crippen LogP contribution in [0.25, 0.3) is 0 Å².